The first-order valence-electron chi connectivity index (χ1n) is 9.89. The summed E-state index contributed by atoms with van der Waals surface area (Å²) >= 11 is 7.38. The lowest BCUT2D eigenvalue weighted by atomic mass is 10.2. The zero-order valence-electron chi connectivity index (χ0n) is 17.9. The topological polar surface area (TPSA) is 89.8 Å². The number of aromatic nitrogens is 1. The van der Waals surface area contributed by atoms with Crippen LogP contribution in [0.4, 0.5) is 5.69 Å². The van der Waals surface area contributed by atoms with E-state index in [0.717, 1.165) is 10.2 Å². The van der Waals surface area contributed by atoms with E-state index < -0.39 is 15.9 Å². The standard InChI is InChI=1S/C24H18ClN3O4S2/c1-3-14-28-21-13-6-17(25)15-22(21)33-24(28)26-23(29)16-4-7-18(8-5-16)27-34(30,31)20-11-9-19(32-2)10-12-20/h1,4-13,15,27H,14H2,2H3. The Morgan fingerprint density at radius 3 is 2.50 bits per heavy atom. The van der Waals surface area contributed by atoms with Crippen molar-refractivity contribution in [1.29, 1.82) is 0 Å². The number of carbonyl (C=O) groups excluding carboxylic acids is 1. The van der Waals surface area contributed by atoms with Gasteiger partial charge in [0.2, 0.25) is 0 Å². The Hall–Kier alpha value is -3.58. The summed E-state index contributed by atoms with van der Waals surface area (Å²) in [5.41, 5.74) is 1.45. The molecule has 1 amide bonds. The highest BCUT2D eigenvalue weighted by Gasteiger charge is 2.15. The molecule has 7 nitrogen and oxygen atoms in total. The first-order valence-corrected chi connectivity index (χ1v) is 12.6. The summed E-state index contributed by atoms with van der Waals surface area (Å²) in [6.07, 6.45) is 5.49. The van der Waals surface area contributed by atoms with Gasteiger partial charge in [-0.15, -0.1) is 6.42 Å². The summed E-state index contributed by atoms with van der Waals surface area (Å²) in [7, 11) is -2.29. The van der Waals surface area contributed by atoms with Crippen LogP contribution in [0.3, 0.4) is 0 Å². The van der Waals surface area contributed by atoms with Gasteiger partial charge in [-0.2, -0.15) is 4.99 Å². The highest BCUT2D eigenvalue weighted by atomic mass is 35.5. The van der Waals surface area contributed by atoms with E-state index in [-0.39, 0.29) is 11.4 Å². The number of benzene rings is 3. The predicted molar refractivity (Wildman–Crippen MR) is 134 cm³/mol. The van der Waals surface area contributed by atoms with E-state index in [1.807, 2.05) is 6.07 Å². The van der Waals surface area contributed by atoms with Crippen molar-refractivity contribution >= 4 is 54.8 Å². The Kier molecular flexibility index (Phi) is 6.75. The molecular weight excluding hydrogens is 494 g/mol. The van der Waals surface area contributed by atoms with Crippen molar-refractivity contribution in [3.8, 4) is 18.1 Å². The van der Waals surface area contributed by atoms with Gasteiger partial charge in [0, 0.05) is 16.3 Å². The molecule has 0 bridgehead atoms. The molecule has 1 heterocycles. The Morgan fingerprint density at radius 2 is 1.85 bits per heavy atom. The highest BCUT2D eigenvalue weighted by Crippen LogP contribution is 2.22. The third-order valence-corrected chi connectivity index (χ3v) is 7.52. The number of thiazole rings is 1. The number of hydrogen-bond donors (Lipinski definition) is 1. The maximum atomic E-state index is 12.8. The third kappa shape index (κ3) is 4.99. The maximum absolute atomic E-state index is 12.8. The zero-order chi connectivity index (χ0) is 24.3. The second-order valence-corrected chi connectivity index (χ2v) is 10.2. The summed E-state index contributed by atoms with van der Waals surface area (Å²) in [5.74, 6) is 2.65. The number of halogens is 1. The second-order valence-electron chi connectivity index (χ2n) is 7.06. The van der Waals surface area contributed by atoms with Crippen LogP contribution in [0.2, 0.25) is 5.02 Å². The fourth-order valence-corrected chi connectivity index (χ4v) is 5.54. The lowest BCUT2D eigenvalue weighted by molar-refractivity contribution is 0.0998. The number of amides is 1. The summed E-state index contributed by atoms with van der Waals surface area (Å²) in [5, 5.41) is 0.576. The van der Waals surface area contributed by atoms with Crippen LogP contribution in [0.25, 0.3) is 10.2 Å². The Labute approximate surface area is 205 Å². The Bertz CT molecular complexity index is 1580. The fourth-order valence-electron chi connectivity index (χ4n) is 3.18. The smallest absolute Gasteiger partial charge is 0.279 e. The molecule has 3 aromatic carbocycles. The van der Waals surface area contributed by atoms with Crippen LogP contribution in [0.1, 0.15) is 10.4 Å². The van der Waals surface area contributed by atoms with Gasteiger partial charge >= 0.3 is 0 Å². The van der Waals surface area contributed by atoms with Gasteiger partial charge in [0.1, 0.15) is 5.75 Å². The number of rotatable bonds is 6. The molecule has 0 saturated carbocycles. The van der Waals surface area contributed by atoms with Crippen molar-refractivity contribution in [3.63, 3.8) is 0 Å². The molecule has 0 aliphatic rings. The number of nitrogens with zero attached hydrogens (tertiary/aromatic N) is 2. The molecule has 0 saturated heterocycles. The molecule has 34 heavy (non-hydrogen) atoms. The molecule has 0 spiro atoms. The van der Waals surface area contributed by atoms with E-state index in [0.29, 0.717) is 26.8 Å². The molecule has 172 valence electrons. The average molecular weight is 512 g/mol. The second kappa shape index (κ2) is 9.73. The average Bonchev–Trinajstić information content (AvgIpc) is 3.15. The van der Waals surface area contributed by atoms with Crippen molar-refractivity contribution < 1.29 is 17.9 Å². The molecule has 1 aromatic heterocycles. The van der Waals surface area contributed by atoms with Gasteiger partial charge in [-0.3, -0.25) is 9.52 Å². The number of hydrogen-bond acceptors (Lipinski definition) is 5. The maximum Gasteiger partial charge on any atom is 0.279 e. The lowest BCUT2D eigenvalue weighted by Gasteiger charge is -2.09. The van der Waals surface area contributed by atoms with Gasteiger partial charge in [0.05, 0.1) is 28.8 Å². The van der Waals surface area contributed by atoms with E-state index >= 15 is 0 Å². The number of terminal acetylenes is 1. The quantitative estimate of drug-likeness (QED) is 0.385. The Balaban J connectivity index is 1.58. The van der Waals surface area contributed by atoms with Crippen LogP contribution < -0.4 is 14.3 Å². The van der Waals surface area contributed by atoms with E-state index in [4.69, 9.17) is 22.8 Å². The van der Waals surface area contributed by atoms with Crippen molar-refractivity contribution in [2.45, 2.75) is 11.4 Å². The van der Waals surface area contributed by atoms with Crippen LogP contribution in [0.5, 0.6) is 5.75 Å². The highest BCUT2D eigenvalue weighted by molar-refractivity contribution is 7.92. The van der Waals surface area contributed by atoms with Crippen LogP contribution in [-0.4, -0.2) is 26.0 Å². The van der Waals surface area contributed by atoms with Gasteiger partial charge in [0.25, 0.3) is 15.9 Å². The third-order valence-electron chi connectivity index (χ3n) is 4.85. The molecule has 4 rings (SSSR count). The van der Waals surface area contributed by atoms with Crippen molar-refractivity contribution in [2.24, 2.45) is 4.99 Å². The van der Waals surface area contributed by atoms with Gasteiger partial charge < -0.3 is 9.30 Å². The number of anilines is 1. The minimum Gasteiger partial charge on any atom is -0.497 e. The summed E-state index contributed by atoms with van der Waals surface area (Å²) in [4.78, 5) is 17.6. The molecule has 0 fully saturated rings. The summed E-state index contributed by atoms with van der Waals surface area (Å²) < 4.78 is 35.4. The first-order chi connectivity index (χ1) is 16.3. The van der Waals surface area contributed by atoms with Crippen LogP contribution >= 0.6 is 22.9 Å². The molecule has 0 aliphatic heterocycles. The number of sulfonamides is 1. The SMILES string of the molecule is C#CCn1c(=NC(=O)c2ccc(NS(=O)(=O)c3ccc(OC)cc3)cc2)sc2cc(Cl)ccc21. The molecular formula is C24H18ClN3O4S2. The van der Waals surface area contributed by atoms with Gasteiger partial charge in [0.15, 0.2) is 4.80 Å². The fraction of sp³-hybridized carbons (Fsp3) is 0.0833. The zero-order valence-corrected chi connectivity index (χ0v) is 20.2. The molecule has 4 aromatic rings. The van der Waals surface area contributed by atoms with Gasteiger partial charge in [-0.25, -0.2) is 8.42 Å². The van der Waals surface area contributed by atoms with Crippen molar-refractivity contribution in [2.75, 3.05) is 11.8 Å². The van der Waals surface area contributed by atoms with E-state index in [1.54, 1.807) is 28.8 Å². The minimum absolute atomic E-state index is 0.0892. The van der Waals surface area contributed by atoms with Crippen LogP contribution in [-0.2, 0) is 16.6 Å². The number of ether oxygens (including phenoxy) is 1. The number of carbonyl (C=O) groups is 1. The summed E-state index contributed by atoms with van der Waals surface area (Å²) in [6.45, 7) is 0.250. The molecule has 0 unspecified atom stereocenters. The van der Waals surface area contributed by atoms with Crippen molar-refractivity contribution in [1.82, 2.24) is 4.57 Å². The number of methoxy groups -OCH3 is 1. The van der Waals surface area contributed by atoms with E-state index in [1.165, 1.54) is 54.8 Å². The molecule has 0 radical (unpaired) electrons. The minimum atomic E-state index is -3.80. The molecule has 10 heteroatoms. The molecule has 0 atom stereocenters. The molecule has 0 aliphatic carbocycles. The van der Waals surface area contributed by atoms with Crippen LogP contribution in [0.15, 0.2) is 76.6 Å². The van der Waals surface area contributed by atoms with Crippen molar-refractivity contribution in [3.05, 3.63) is 82.1 Å². The van der Waals surface area contributed by atoms with Crippen LogP contribution in [0, 0.1) is 12.3 Å². The van der Waals surface area contributed by atoms with Gasteiger partial charge in [-0.1, -0.05) is 28.9 Å². The summed E-state index contributed by atoms with van der Waals surface area (Å²) in [6, 6.07) is 17.4. The van der Waals surface area contributed by atoms with Gasteiger partial charge in [-0.05, 0) is 66.7 Å². The van der Waals surface area contributed by atoms with E-state index in [2.05, 4.69) is 15.6 Å². The number of fused-ring (bicyclic) bond motifs is 1. The largest absolute Gasteiger partial charge is 0.497 e. The number of nitrogens with one attached hydrogen (secondary N) is 1. The monoisotopic (exact) mass is 511 g/mol. The van der Waals surface area contributed by atoms with E-state index in [9.17, 15) is 13.2 Å². The normalized spacial score (nSPS) is 11.9. The molecule has 1 N–H and O–H groups in total. The predicted octanol–water partition coefficient (Wildman–Crippen LogP) is 4.54. The first kappa shape index (κ1) is 23.6. The lowest BCUT2D eigenvalue weighted by Crippen LogP contribution is -2.16. The Morgan fingerprint density at radius 1 is 1.15 bits per heavy atom.